The van der Waals surface area contributed by atoms with Crippen molar-refractivity contribution in [3.05, 3.63) is 29.8 Å². The largest absolute Gasteiger partial charge is 0.399 e. The molecule has 0 unspecified atom stereocenters. The lowest BCUT2D eigenvalue weighted by atomic mass is 10.2. The van der Waals surface area contributed by atoms with Gasteiger partial charge in [0.25, 0.3) is 0 Å². The minimum absolute atomic E-state index is 0.829. The van der Waals surface area contributed by atoms with Crippen molar-refractivity contribution in [1.82, 2.24) is 0 Å². The Morgan fingerprint density at radius 1 is 1.38 bits per heavy atom. The van der Waals surface area contributed by atoms with Crippen LogP contribution in [0.5, 0.6) is 0 Å². The van der Waals surface area contributed by atoms with Crippen LogP contribution in [0, 0.1) is 6.92 Å². The van der Waals surface area contributed by atoms with Gasteiger partial charge in [0, 0.05) is 5.69 Å². The number of hydrogen-bond acceptors (Lipinski definition) is 2. The molecule has 1 aromatic carbocycles. The van der Waals surface area contributed by atoms with Crippen LogP contribution in [0.3, 0.4) is 0 Å². The van der Waals surface area contributed by atoms with Crippen molar-refractivity contribution < 1.29 is 9.18 Å². The van der Waals surface area contributed by atoms with E-state index in [9.17, 15) is 9.18 Å². The zero-order chi connectivity index (χ0) is 10.3. The van der Waals surface area contributed by atoms with Gasteiger partial charge in [-0.05, 0) is 19.1 Å². The average molecular weight is 184 g/mol. The second-order valence-corrected chi connectivity index (χ2v) is 2.51. The highest BCUT2D eigenvalue weighted by molar-refractivity contribution is 5.74. The number of halogens is 1. The Hall–Kier alpha value is -1.58. The topological polar surface area (TPSA) is 69.1 Å². The highest BCUT2D eigenvalue weighted by atomic mass is 19.1. The predicted octanol–water partition coefficient (Wildman–Crippen LogP) is 1.02. The number of carbonyl (C=O) groups excluding carboxylic acids is 1. The van der Waals surface area contributed by atoms with Crippen molar-refractivity contribution in [2.24, 2.45) is 5.73 Å². The molecule has 0 aliphatic carbocycles. The fourth-order valence-electron chi connectivity index (χ4n) is 0.566. The Bertz CT molecular complexity index is 238. The second-order valence-electron chi connectivity index (χ2n) is 2.51. The lowest BCUT2D eigenvalue weighted by Crippen LogP contribution is -2.11. The van der Waals surface area contributed by atoms with Crippen LogP contribution < -0.4 is 11.5 Å². The van der Waals surface area contributed by atoms with Crippen molar-refractivity contribution in [2.75, 3.05) is 12.4 Å². The zero-order valence-corrected chi connectivity index (χ0v) is 7.46. The number of rotatable bonds is 1. The molecule has 4 N–H and O–H groups in total. The second kappa shape index (κ2) is 5.99. The molecule has 0 aromatic heterocycles. The van der Waals surface area contributed by atoms with Crippen molar-refractivity contribution in [3.63, 3.8) is 0 Å². The SMILES string of the molecule is Cc1ccc(N)cc1.NC(=O)CF. The maximum atomic E-state index is 10.6. The molecule has 0 saturated carbocycles. The first kappa shape index (κ1) is 11.4. The Balaban J connectivity index is 0.000000252. The van der Waals surface area contributed by atoms with E-state index in [1.165, 1.54) is 5.56 Å². The van der Waals surface area contributed by atoms with Gasteiger partial charge < -0.3 is 11.5 Å². The van der Waals surface area contributed by atoms with Crippen LogP contribution >= 0.6 is 0 Å². The summed E-state index contributed by atoms with van der Waals surface area (Å²) < 4.78 is 10.6. The summed E-state index contributed by atoms with van der Waals surface area (Å²) in [4.78, 5) is 9.22. The monoisotopic (exact) mass is 184 g/mol. The van der Waals surface area contributed by atoms with Gasteiger partial charge in [-0.1, -0.05) is 17.7 Å². The third-order valence-corrected chi connectivity index (χ3v) is 1.21. The average Bonchev–Trinajstić information content (AvgIpc) is 2.11. The minimum atomic E-state index is -1.06. The fourth-order valence-corrected chi connectivity index (χ4v) is 0.566. The van der Waals surface area contributed by atoms with Crippen LogP contribution in [-0.2, 0) is 4.79 Å². The summed E-state index contributed by atoms with van der Waals surface area (Å²) in [6, 6.07) is 7.79. The van der Waals surface area contributed by atoms with Gasteiger partial charge in [-0.15, -0.1) is 0 Å². The van der Waals surface area contributed by atoms with E-state index in [0.29, 0.717) is 0 Å². The van der Waals surface area contributed by atoms with Gasteiger partial charge in [-0.25, -0.2) is 4.39 Å². The molecule has 0 aliphatic heterocycles. The molecule has 0 heterocycles. The highest BCUT2D eigenvalue weighted by Crippen LogP contribution is 2.02. The summed E-state index contributed by atoms with van der Waals surface area (Å²) >= 11 is 0. The summed E-state index contributed by atoms with van der Waals surface area (Å²) in [5.41, 5.74) is 11.8. The molecule has 0 radical (unpaired) electrons. The maximum absolute atomic E-state index is 10.6. The molecule has 0 saturated heterocycles. The fraction of sp³-hybridized carbons (Fsp3) is 0.222. The van der Waals surface area contributed by atoms with E-state index in [-0.39, 0.29) is 0 Å². The van der Waals surface area contributed by atoms with Gasteiger partial charge in [0.05, 0.1) is 0 Å². The summed E-state index contributed by atoms with van der Waals surface area (Å²) in [5, 5.41) is 0. The van der Waals surface area contributed by atoms with E-state index in [1.807, 2.05) is 31.2 Å². The Morgan fingerprint density at radius 2 is 1.77 bits per heavy atom. The van der Waals surface area contributed by atoms with E-state index in [4.69, 9.17) is 5.73 Å². The highest BCUT2D eigenvalue weighted by Gasteiger charge is 1.81. The maximum Gasteiger partial charge on any atom is 0.248 e. The molecule has 0 fully saturated rings. The first-order chi connectivity index (χ1) is 6.06. The van der Waals surface area contributed by atoms with E-state index in [1.54, 1.807) is 0 Å². The number of hydrogen-bond donors (Lipinski definition) is 2. The van der Waals surface area contributed by atoms with Gasteiger partial charge in [-0.3, -0.25) is 4.79 Å². The number of alkyl halides is 1. The number of amides is 1. The molecule has 0 bridgehead atoms. The summed E-state index contributed by atoms with van der Waals surface area (Å²) in [7, 11) is 0. The molecule has 72 valence electrons. The molecule has 0 atom stereocenters. The van der Waals surface area contributed by atoms with Crippen LogP contribution in [0.25, 0.3) is 0 Å². The lowest BCUT2D eigenvalue weighted by molar-refractivity contribution is -0.118. The normalized spacial score (nSPS) is 8.46. The summed E-state index contributed by atoms with van der Waals surface area (Å²) in [6.07, 6.45) is 0. The van der Waals surface area contributed by atoms with Crippen LogP contribution in [-0.4, -0.2) is 12.6 Å². The third-order valence-electron chi connectivity index (χ3n) is 1.21. The molecular weight excluding hydrogens is 171 g/mol. The molecular formula is C9H13FN2O. The number of benzene rings is 1. The summed E-state index contributed by atoms with van der Waals surface area (Å²) in [5.74, 6) is -0.912. The quantitative estimate of drug-likeness (QED) is 0.640. The van der Waals surface area contributed by atoms with E-state index >= 15 is 0 Å². The molecule has 1 aromatic rings. The molecule has 1 rings (SSSR count). The Kier molecular flexibility index (Phi) is 5.27. The standard InChI is InChI=1S/C7H9N.C2H4FNO/c1-6-2-4-7(8)5-3-6;3-1-2(4)5/h2-5H,8H2,1H3;1H2,(H2,4,5). The van der Waals surface area contributed by atoms with E-state index in [2.05, 4.69) is 5.73 Å². The molecule has 13 heavy (non-hydrogen) atoms. The number of primary amides is 1. The van der Waals surface area contributed by atoms with E-state index < -0.39 is 12.6 Å². The van der Waals surface area contributed by atoms with Crippen LogP contribution in [0.4, 0.5) is 10.1 Å². The molecule has 4 heteroatoms. The van der Waals surface area contributed by atoms with Gasteiger partial charge in [0.2, 0.25) is 5.91 Å². The number of nitrogens with two attached hydrogens (primary N) is 2. The van der Waals surface area contributed by atoms with Crippen molar-refractivity contribution >= 4 is 11.6 Å². The molecule has 0 aliphatic rings. The van der Waals surface area contributed by atoms with Crippen LogP contribution in [0.2, 0.25) is 0 Å². The number of anilines is 1. The molecule has 0 spiro atoms. The Morgan fingerprint density at radius 3 is 2.00 bits per heavy atom. The van der Waals surface area contributed by atoms with Crippen molar-refractivity contribution in [1.29, 1.82) is 0 Å². The van der Waals surface area contributed by atoms with Crippen LogP contribution in [0.1, 0.15) is 5.56 Å². The Labute approximate surface area is 76.5 Å². The first-order valence-electron chi connectivity index (χ1n) is 3.72. The first-order valence-corrected chi connectivity index (χ1v) is 3.72. The third kappa shape index (κ3) is 6.80. The van der Waals surface area contributed by atoms with Crippen molar-refractivity contribution in [2.45, 2.75) is 6.92 Å². The zero-order valence-electron chi connectivity index (χ0n) is 7.46. The van der Waals surface area contributed by atoms with Gasteiger partial charge >= 0.3 is 0 Å². The number of aryl methyl sites for hydroxylation is 1. The predicted molar refractivity (Wildman–Crippen MR) is 50.8 cm³/mol. The number of carbonyl (C=O) groups is 1. The molecule has 3 nitrogen and oxygen atoms in total. The van der Waals surface area contributed by atoms with Crippen LogP contribution in [0.15, 0.2) is 24.3 Å². The molecule has 1 amide bonds. The smallest absolute Gasteiger partial charge is 0.248 e. The summed E-state index contributed by atoms with van der Waals surface area (Å²) in [6.45, 7) is 0.986. The number of nitrogen functional groups attached to an aromatic ring is 1. The lowest BCUT2D eigenvalue weighted by Gasteiger charge is -1.90. The van der Waals surface area contributed by atoms with E-state index in [0.717, 1.165) is 5.69 Å². The van der Waals surface area contributed by atoms with Gasteiger partial charge in [-0.2, -0.15) is 0 Å². The minimum Gasteiger partial charge on any atom is -0.399 e. The van der Waals surface area contributed by atoms with Crippen molar-refractivity contribution in [3.8, 4) is 0 Å². The van der Waals surface area contributed by atoms with Gasteiger partial charge in [0.1, 0.15) is 0 Å². The van der Waals surface area contributed by atoms with Gasteiger partial charge in [0.15, 0.2) is 6.67 Å².